The fourth-order valence-corrected chi connectivity index (χ4v) is 4.75. The van der Waals surface area contributed by atoms with E-state index in [1.165, 1.54) is 0 Å². The summed E-state index contributed by atoms with van der Waals surface area (Å²) in [6, 6.07) is 3.69. The predicted octanol–water partition coefficient (Wildman–Crippen LogP) is 3.94. The Labute approximate surface area is 140 Å². The third-order valence-corrected chi connectivity index (χ3v) is 6.53. The molecule has 0 atom stereocenters. The molecule has 1 aliphatic heterocycles. The lowest BCUT2D eigenvalue weighted by atomic mass is 9.98. The summed E-state index contributed by atoms with van der Waals surface area (Å²) in [6.07, 6.45) is 1.85. The summed E-state index contributed by atoms with van der Waals surface area (Å²) in [7, 11) is -3.50. The average Bonchev–Trinajstić information content (AvgIpc) is 2.47. The molecule has 130 valence electrons. The van der Waals surface area contributed by atoms with Crippen LogP contribution >= 0.6 is 0 Å². The van der Waals surface area contributed by atoms with Gasteiger partial charge in [-0.05, 0) is 61.8 Å². The molecule has 2 rings (SSSR count). The average molecular weight is 340 g/mol. The number of hydrogen-bond donors (Lipinski definition) is 0. The van der Waals surface area contributed by atoms with Crippen molar-refractivity contribution in [2.75, 3.05) is 19.7 Å². The number of ether oxygens (including phenoxy) is 1. The first kappa shape index (κ1) is 18.3. The molecule has 0 spiro atoms. The summed E-state index contributed by atoms with van der Waals surface area (Å²) in [5.74, 6) is 1.35. The first-order valence-corrected chi connectivity index (χ1v) is 9.98. The van der Waals surface area contributed by atoms with Gasteiger partial charge in [0.2, 0.25) is 10.0 Å². The largest absolute Gasteiger partial charge is 0.492 e. The Bertz CT molecular complexity index is 644. The van der Waals surface area contributed by atoms with Crippen LogP contribution in [0.3, 0.4) is 0 Å². The standard InChI is InChI=1S/C18H29NO3S/c1-6-22-17-11-15(5)16(13(2)3)12-18(17)23(20,21)19-9-7-14(4)8-10-19/h11-14H,6-10H2,1-5H3. The van der Waals surface area contributed by atoms with Crippen LogP contribution in [0.15, 0.2) is 17.0 Å². The molecule has 0 aromatic heterocycles. The summed E-state index contributed by atoms with van der Waals surface area (Å²) in [6.45, 7) is 11.9. The van der Waals surface area contributed by atoms with Crippen molar-refractivity contribution in [1.29, 1.82) is 0 Å². The zero-order valence-electron chi connectivity index (χ0n) is 14.9. The Morgan fingerprint density at radius 3 is 2.39 bits per heavy atom. The van der Waals surface area contributed by atoms with Crippen LogP contribution in [0.4, 0.5) is 0 Å². The summed E-state index contributed by atoms with van der Waals surface area (Å²) >= 11 is 0. The van der Waals surface area contributed by atoms with Gasteiger partial charge in [0.25, 0.3) is 0 Å². The lowest BCUT2D eigenvalue weighted by Crippen LogP contribution is -2.38. The summed E-state index contributed by atoms with van der Waals surface area (Å²) in [4.78, 5) is 0.322. The molecule has 1 saturated heterocycles. The van der Waals surface area contributed by atoms with Gasteiger partial charge >= 0.3 is 0 Å². The van der Waals surface area contributed by atoms with Crippen LogP contribution < -0.4 is 4.74 Å². The van der Waals surface area contributed by atoms with Gasteiger partial charge in [0.1, 0.15) is 10.6 Å². The maximum atomic E-state index is 13.1. The number of nitrogens with zero attached hydrogens (tertiary/aromatic N) is 1. The van der Waals surface area contributed by atoms with E-state index in [1.54, 1.807) is 4.31 Å². The number of benzene rings is 1. The van der Waals surface area contributed by atoms with Gasteiger partial charge in [-0.15, -0.1) is 0 Å². The highest BCUT2D eigenvalue weighted by atomic mass is 32.2. The van der Waals surface area contributed by atoms with Gasteiger partial charge in [-0.25, -0.2) is 8.42 Å². The quantitative estimate of drug-likeness (QED) is 0.816. The van der Waals surface area contributed by atoms with Gasteiger partial charge in [0.05, 0.1) is 6.61 Å². The molecule has 0 N–H and O–H groups in total. The zero-order valence-corrected chi connectivity index (χ0v) is 15.7. The molecule has 4 nitrogen and oxygen atoms in total. The van der Waals surface area contributed by atoms with E-state index < -0.39 is 10.0 Å². The van der Waals surface area contributed by atoms with Crippen molar-refractivity contribution in [3.63, 3.8) is 0 Å². The fraction of sp³-hybridized carbons (Fsp3) is 0.667. The molecule has 0 unspecified atom stereocenters. The second-order valence-corrected chi connectivity index (χ2v) is 8.74. The van der Waals surface area contributed by atoms with E-state index in [2.05, 4.69) is 20.8 Å². The van der Waals surface area contributed by atoms with Gasteiger partial charge in [0.15, 0.2) is 0 Å². The van der Waals surface area contributed by atoms with Crippen molar-refractivity contribution < 1.29 is 13.2 Å². The topological polar surface area (TPSA) is 46.6 Å². The Balaban J connectivity index is 2.48. The molecule has 5 heteroatoms. The van der Waals surface area contributed by atoms with Gasteiger partial charge in [-0.1, -0.05) is 20.8 Å². The molecule has 0 bridgehead atoms. The molecule has 23 heavy (non-hydrogen) atoms. The number of hydrogen-bond acceptors (Lipinski definition) is 3. The van der Waals surface area contributed by atoms with Crippen molar-refractivity contribution in [3.05, 3.63) is 23.3 Å². The van der Waals surface area contributed by atoms with Crippen LogP contribution in [0.25, 0.3) is 0 Å². The summed E-state index contributed by atoms with van der Waals surface area (Å²) in [5, 5.41) is 0. The maximum Gasteiger partial charge on any atom is 0.246 e. The highest BCUT2D eigenvalue weighted by Gasteiger charge is 2.31. The molecular weight excluding hydrogens is 310 g/mol. The lowest BCUT2D eigenvalue weighted by Gasteiger charge is -2.30. The molecule has 0 radical (unpaired) electrons. The number of sulfonamides is 1. The molecule has 1 aliphatic rings. The normalized spacial score (nSPS) is 17.7. The Hall–Kier alpha value is -1.07. The van der Waals surface area contributed by atoms with Gasteiger partial charge in [-0.3, -0.25) is 0 Å². The molecule has 1 fully saturated rings. The lowest BCUT2D eigenvalue weighted by molar-refractivity contribution is 0.285. The van der Waals surface area contributed by atoms with E-state index in [1.807, 2.05) is 26.0 Å². The molecule has 1 heterocycles. The second kappa shape index (κ2) is 7.22. The molecular formula is C18H29NO3S. The first-order valence-electron chi connectivity index (χ1n) is 8.54. The Kier molecular flexibility index (Phi) is 5.74. The van der Waals surface area contributed by atoms with E-state index in [-0.39, 0.29) is 5.92 Å². The minimum atomic E-state index is -3.50. The molecule has 1 aromatic rings. The second-order valence-electron chi connectivity index (χ2n) is 6.83. The van der Waals surface area contributed by atoms with Gasteiger partial charge in [0, 0.05) is 13.1 Å². The SMILES string of the molecule is CCOc1cc(C)c(C(C)C)cc1S(=O)(=O)N1CCC(C)CC1. The number of aryl methyl sites for hydroxylation is 1. The van der Waals surface area contributed by atoms with E-state index >= 15 is 0 Å². The van der Waals surface area contributed by atoms with Crippen molar-refractivity contribution in [2.24, 2.45) is 5.92 Å². The highest BCUT2D eigenvalue weighted by Crippen LogP contribution is 2.34. The predicted molar refractivity (Wildman–Crippen MR) is 93.6 cm³/mol. The highest BCUT2D eigenvalue weighted by molar-refractivity contribution is 7.89. The smallest absolute Gasteiger partial charge is 0.246 e. The minimum absolute atomic E-state index is 0.279. The van der Waals surface area contributed by atoms with Crippen molar-refractivity contribution in [1.82, 2.24) is 4.31 Å². The first-order chi connectivity index (χ1) is 10.8. The van der Waals surface area contributed by atoms with Crippen LogP contribution in [-0.4, -0.2) is 32.4 Å². The van der Waals surface area contributed by atoms with E-state index in [0.29, 0.717) is 36.3 Å². The van der Waals surface area contributed by atoms with Gasteiger partial charge < -0.3 is 4.74 Å². The maximum absolute atomic E-state index is 13.1. The van der Waals surface area contributed by atoms with Crippen molar-refractivity contribution in [2.45, 2.75) is 58.3 Å². The van der Waals surface area contributed by atoms with Crippen LogP contribution in [0, 0.1) is 12.8 Å². The van der Waals surface area contributed by atoms with E-state index in [9.17, 15) is 8.42 Å². The van der Waals surface area contributed by atoms with E-state index in [0.717, 1.165) is 24.0 Å². The van der Waals surface area contributed by atoms with Crippen LogP contribution in [0.1, 0.15) is 57.6 Å². The van der Waals surface area contributed by atoms with Crippen LogP contribution in [0.5, 0.6) is 5.75 Å². The zero-order chi connectivity index (χ0) is 17.2. The minimum Gasteiger partial charge on any atom is -0.492 e. The van der Waals surface area contributed by atoms with Crippen LogP contribution in [0.2, 0.25) is 0 Å². The van der Waals surface area contributed by atoms with Crippen LogP contribution in [-0.2, 0) is 10.0 Å². The van der Waals surface area contributed by atoms with E-state index in [4.69, 9.17) is 4.74 Å². The molecule has 0 aliphatic carbocycles. The monoisotopic (exact) mass is 339 g/mol. The molecule has 0 amide bonds. The molecule has 1 aromatic carbocycles. The Morgan fingerprint density at radius 1 is 1.26 bits per heavy atom. The van der Waals surface area contributed by atoms with Crippen molar-refractivity contribution >= 4 is 10.0 Å². The summed E-state index contributed by atoms with van der Waals surface area (Å²) < 4.78 is 33.5. The third kappa shape index (κ3) is 3.89. The molecule has 0 saturated carbocycles. The van der Waals surface area contributed by atoms with Crippen molar-refractivity contribution in [3.8, 4) is 5.75 Å². The number of rotatable bonds is 5. The number of piperidine rings is 1. The summed E-state index contributed by atoms with van der Waals surface area (Å²) in [5.41, 5.74) is 2.15. The Morgan fingerprint density at radius 2 is 1.87 bits per heavy atom. The fourth-order valence-electron chi connectivity index (χ4n) is 3.13. The van der Waals surface area contributed by atoms with Gasteiger partial charge in [-0.2, -0.15) is 4.31 Å². The third-order valence-electron chi connectivity index (χ3n) is 4.61.